The van der Waals surface area contributed by atoms with E-state index in [9.17, 15) is 9.59 Å². The minimum absolute atomic E-state index is 0.0532. The number of rotatable bonds is 5. The Kier molecular flexibility index (Phi) is 7.15. The molecule has 1 atom stereocenters. The van der Waals surface area contributed by atoms with Gasteiger partial charge in [0.15, 0.2) is 5.13 Å². The number of halogens is 1. The van der Waals surface area contributed by atoms with Gasteiger partial charge in [-0.2, -0.15) is 4.98 Å². The van der Waals surface area contributed by atoms with Gasteiger partial charge in [-0.25, -0.2) is 4.98 Å². The zero-order valence-corrected chi connectivity index (χ0v) is 21.2. The number of aryl methyl sites for hydroxylation is 1. The molecule has 1 N–H and O–H groups in total. The van der Waals surface area contributed by atoms with Crippen molar-refractivity contribution >= 4 is 39.9 Å². The molecule has 8 nitrogen and oxygen atoms in total. The van der Waals surface area contributed by atoms with Crippen LogP contribution < -0.4 is 5.32 Å². The van der Waals surface area contributed by atoms with E-state index in [1.807, 2.05) is 12.1 Å². The lowest BCUT2D eigenvalue weighted by atomic mass is 9.88. The number of carbonyl (C=O) groups is 2. The Labute approximate surface area is 213 Å². The zero-order chi connectivity index (χ0) is 24.4. The maximum atomic E-state index is 12.8. The molecule has 1 aliphatic heterocycles. The molecule has 1 aromatic carbocycles. The predicted octanol–water partition coefficient (Wildman–Crippen LogP) is 5.10. The van der Waals surface area contributed by atoms with Gasteiger partial charge in [-0.05, 0) is 62.3 Å². The topological polar surface area (TPSA) is 101 Å². The van der Waals surface area contributed by atoms with E-state index >= 15 is 0 Å². The summed E-state index contributed by atoms with van der Waals surface area (Å²) in [6, 6.07) is 7.26. The summed E-state index contributed by atoms with van der Waals surface area (Å²) >= 11 is 7.45. The van der Waals surface area contributed by atoms with Crippen LogP contribution in [0.3, 0.4) is 0 Å². The smallest absolute Gasteiger partial charge is 0.315 e. The average Bonchev–Trinajstić information content (AvgIpc) is 3.51. The maximum Gasteiger partial charge on any atom is 0.315 e. The number of aromatic nitrogens is 3. The number of amides is 2. The van der Waals surface area contributed by atoms with Crippen LogP contribution in [0.25, 0.3) is 11.4 Å². The summed E-state index contributed by atoms with van der Waals surface area (Å²) in [5, 5.41) is 8.00. The number of likely N-dealkylation sites (tertiary alicyclic amines) is 1. The Bertz CT molecular complexity index is 1200. The van der Waals surface area contributed by atoms with Crippen LogP contribution in [0.2, 0.25) is 5.02 Å². The van der Waals surface area contributed by atoms with Gasteiger partial charge < -0.3 is 9.42 Å². The van der Waals surface area contributed by atoms with Crippen molar-refractivity contribution in [2.24, 2.45) is 5.92 Å². The number of carbonyl (C=O) groups excluding carboxylic acids is 2. The van der Waals surface area contributed by atoms with Crippen LogP contribution in [0.5, 0.6) is 0 Å². The number of anilines is 1. The lowest BCUT2D eigenvalue weighted by molar-refractivity contribution is -0.143. The van der Waals surface area contributed by atoms with Crippen LogP contribution in [0.15, 0.2) is 28.8 Å². The number of hydrogen-bond donors (Lipinski definition) is 1. The molecule has 5 rings (SSSR count). The van der Waals surface area contributed by atoms with E-state index in [1.54, 1.807) is 17.0 Å². The van der Waals surface area contributed by atoms with Crippen LogP contribution >= 0.6 is 22.9 Å². The molecule has 35 heavy (non-hydrogen) atoms. The first-order valence-corrected chi connectivity index (χ1v) is 13.4. The first kappa shape index (κ1) is 23.9. The van der Waals surface area contributed by atoms with Crippen molar-refractivity contribution < 1.29 is 14.1 Å². The van der Waals surface area contributed by atoms with Crippen LogP contribution in [0, 0.1) is 5.92 Å². The highest BCUT2D eigenvalue weighted by molar-refractivity contribution is 7.16. The lowest BCUT2D eigenvalue weighted by Crippen LogP contribution is -2.43. The van der Waals surface area contributed by atoms with Gasteiger partial charge in [-0.1, -0.05) is 36.5 Å². The molecule has 1 saturated heterocycles. The summed E-state index contributed by atoms with van der Waals surface area (Å²) in [6.07, 6.45) is 6.84. The number of thiazole rings is 1. The standard InChI is InChI=1S/C25H28ClN5O3S/c1-2-3-15-4-9-19-20(14-15)35-25(27-19)29-22(32)24(33)31-12-10-17(11-13-31)23-28-21(30-34-23)16-5-7-18(26)8-6-16/h5-8,15,17H,2-4,9-14H2,1H3,(H,27,29,32). The van der Waals surface area contributed by atoms with Crippen molar-refractivity contribution in [1.29, 1.82) is 0 Å². The molecular weight excluding hydrogens is 486 g/mol. The number of nitrogens with zero attached hydrogens (tertiary/aromatic N) is 4. The van der Waals surface area contributed by atoms with Gasteiger partial charge >= 0.3 is 11.8 Å². The highest BCUT2D eigenvalue weighted by Crippen LogP contribution is 2.34. The summed E-state index contributed by atoms with van der Waals surface area (Å²) in [6.45, 7) is 3.13. The fourth-order valence-corrected chi connectivity index (χ4v) is 6.14. The van der Waals surface area contributed by atoms with Crippen LogP contribution in [0.1, 0.15) is 61.4 Å². The molecule has 1 fully saturated rings. The van der Waals surface area contributed by atoms with Crippen molar-refractivity contribution in [3.05, 3.63) is 45.7 Å². The average molecular weight is 514 g/mol. The van der Waals surface area contributed by atoms with Gasteiger partial charge in [-0.15, -0.1) is 11.3 Å². The third-order valence-electron chi connectivity index (χ3n) is 6.83. The molecule has 3 aromatic rings. The number of benzene rings is 1. The van der Waals surface area contributed by atoms with Crippen LogP contribution in [0.4, 0.5) is 5.13 Å². The molecular formula is C25H28ClN5O3S. The molecule has 10 heteroatoms. The molecule has 0 spiro atoms. The van der Waals surface area contributed by atoms with Gasteiger partial charge in [-0.3, -0.25) is 14.9 Å². The van der Waals surface area contributed by atoms with Gasteiger partial charge in [0.1, 0.15) is 0 Å². The van der Waals surface area contributed by atoms with Gasteiger partial charge in [0, 0.05) is 34.5 Å². The number of nitrogens with one attached hydrogen (secondary N) is 1. The Hall–Kier alpha value is -2.78. The largest absolute Gasteiger partial charge is 0.339 e. The molecule has 0 bridgehead atoms. The van der Waals surface area contributed by atoms with Crippen molar-refractivity contribution in [2.75, 3.05) is 18.4 Å². The van der Waals surface area contributed by atoms with Gasteiger partial charge in [0.2, 0.25) is 11.7 Å². The second kappa shape index (κ2) is 10.5. The number of piperidine rings is 1. The lowest BCUT2D eigenvalue weighted by Gasteiger charge is -2.29. The van der Waals surface area contributed by atoms with Gasteiger partial charge in [0.05, 0.1) is 5.69 Å². The first-order chi connectivity index (χ1) is 17.0. The van der Waals surface area contributed by atoms with E-state index in [0.29, 0.717) is 53.7 Å². The molecule has 0 radical (unpaired) electrons. The van der Waals surface area contributed by atoms with Crippen molar-refractivity contribution in [3.8, 4) is 11.4 Å². The highest BCUT2D eigenvalue weighted by Gasteiger charge is 2.31. The quantitative estimate of drug-likeness (QED) is 0.476. The predicted molar refractivity (Wildman–Crippen MR) is 134 cm³/mol. The summed E-state index contributed by atoms with van der Waals surface area (Å²) in [4.78, 5) is 37.4. The highest BCUT2D eigenvalue weighted by atomic mass is 35.5. The Morgan fingerprint density at radius 3 is 2.69 bits per heavy atom. The summed E-state index contributed by atoms with van der Waals surface area (Å²) < 4.78 is 5.49. The van der Waals surface area contributed by atoms with E-state index in [1.165, 1.54) is 29.1 Å². The second-order valence-corrected chi connectivity index (χ2v) is 10.8. The molecule has 2 amide bonds. The monoisotopic (exact) mass is 513 g/mol. The van der Waals surface area contributed by atoms with Crippen LogP contribution in [-0.2, 0) is 22.4 Å². The Morgan fingerprint density at radius 2 is 1.94 bits per heavy atom. The number of fused-ring (bicyclic) bond motifs is 1. The molecule has 1 unspecified atom stereocenters. The summed E-state index contributed by atoms with van der Waals surface area (Å²) in [7, 11) is 0. The van der Waals surface area contributed by atoms with E-state index in [4.69, 9.17) is 16.1 Å². The zero-order valence-electron chi connectivity index (χ0n) is 19.6. The number of hydrogen-bond acceptors (Lipinski definition) is 7. The van der Waals surface area contributed by atoms with Crippen LogP contribution in [-0.4, -0.2) is 44.9 Å². The second-order valence-electron chi connectivity index (χ2n) is 9.27. The first-order valence-electron chi connectivity index (χ1n) is 12.2. The minimum Gasteiger partial charge on any atom is -0.339 e. The third kappa shape index (κ3) is 5.41. The fraction of sp³-hybridized carbons (Fsp3) is 0.480. The molecule has 3 heterocycles. The SMILES string of the molecule is CCCC1CCc2nc(NC(=O)C(=O)N3CCC(c4nc(-c5ccc(Cl)cc5)no4)CC3)sc2C1. The molecule has 0 saturated carbocycles. The van der Waals surface area contributed by atoms with Gasteiger partial charge in [0.25, 0.3) is 0 Å². The molecule has 184 valence electrons. The molecule has 2 aliphatic rings. The summed E-state index contributed by atoms with van der Waals surface area (Å²) in [5.74, 6) is 0.677. The van der Waals surface area contributed by atoms with E-state index < -0.39 is 11.8 Å². The van der Waals surface area contributed by atoms with Crippen molar-refractivity contribution in [1.82, 2.24) is 20.0 Å². The van der Waals surface area contributed by atoms with E-state index in [2.05, 4.69) is 27.4 Å². The molecule has 2 aromatic heterocycles. The summed E-state index contributed by atoms with van der Waals surface area (Å²) in [5.41, 5.74) is 1.90. The fourth-order valence-electron chi connectivity index (χ4n) is 4.89. The normalized spacial score (nSPS) is 18.3. The third-order valence-corrected chi connectivity index (χ3v) is 8.12. The minimum atomic E-state index is -0.623. The van der Waals surface area contributed by atoms with Crippen molar-refractivity contribution in [2.45, 2.75) is 57.8 Å². The Morgan fingerprint density at radius 1 is 1.17 bits per heavy atom. The maximum absolute atomic E-state index is 12.8. The van der Waals surface area contributed by atoms with E-state index in [-0.39, 0.29) is 5.92 Å². The van der Waals surface area contributed by atoms with Crippen molar-refractivity contribution in [3.63, 3.8) is 0 Å². The van der Waals surface area contributed by atoms with E-state index in [0.717, 1.165) is 30.5 Å². The molecule has 1 aliphatic carbocycles. The Balaban J connectivity index is 1.14.